The lowest BCUT2D eigenvalue weighted by Crippen LogP contribution is -2.72. The van der Waals surface area contributed by atoms with Crippen LogP contribution in [0.3, 0.4) is 0 Å². The molecule has 1 spiro atoms. The molecule has 0 aromatic carbocycles. The number of hydrogen-bond acceptors (Lipinski definition) is 7. The molecule has 1 atom stereocenters. The minimum atomic E-state index is -0.502. The molecule has 22 heavy (non-hydrogen) atoms. The van der Waals surface area contributed by atoms with Gasteiger partial charge in [-0.1, -0.05) is 0 Å². The molecule has 2 fully saturated rings. The van der Waals surface area contributed by atoms with E-state index >= 15 is 0 Å². The van der Waals surface area contributed by atoms with E-state index in [0.717, 1.165) is 6.54 Å². The summed E-state index contributed by atoms with van der Waals surface area (Å²) in [6.07, 6.45) is -0.317. The molecule has 2 aliphatic rings. The van der Waals surface area contributed by atoms with Gasteiger partial charge in [0.05, 0.1) is 19.7 Å². The van der Waals surface area contributed by atoms with Crippen LogP contribution >= 0.6 is 0 Å². The Balaban J connectivity index is 1.71. The largest absolute Gasteiger partial charge is 0.444 e. The lowest BCUT2D eigenvalue weighted by Gasteiger charge is -2.54. The lowest BCUT2D eigenvalue weighted by molar-refractivity contribution is -0.177. The van der Waals surface area contributed by atoms with E-state index in [1.165, 1.54) is 0 Å². The van der Waals surface area contributed by atoms with Crippen molar-refractivity contribution in [2.24, 2.45) is 7.05 Å². The average Bonchev–Trinajstić information content (AvgIpc) is 2.79. The molecule has 9 heteroatoms. The first kappa shape index (κ1) is 15.2. The molecule has 0 radical (unpaired) electrons. The van der Waals surface area contributed by atoms with Crippen molar-refractivity contribution < 1.29 is 14.3 Å². The Morgan fingerprint density at radius 1 is 1.45 bits per heavy atom. The Bertz CT molecular complexity index is 560. The normalized spacial score (nSPS) is 24.2. The van der Waals surface area contributed by atoms with Crippen LogP contribution in [-0.4, -0.2) is 68.6 Å². The van der Waals surface area contributed by atoms with Crippen LogP contribution in [0.25, 0.3) is 0 Å². The van der Waals surface area contributed by atoms with E-state index in [4.69, 9.17) is 9.47 Å². The number of aromatic nitrogens is 4. The van der Waals surface area contributed by atoms with Crippen molar-refractivity contribution in [3.05, 3.63) is 5.82 Å². The molecule has 1 amide bonds. The molecule has 1 aromatic rings. The first-order chi connectivity index (χ1) is 10.3. The standard InChI is InChI=1S/C13H22N6O3/c1-12(2,3)22-11(20)19-7-13(8-19)9(14-5-6-21-13)10-15-16-17-18(10)4/h9,14H,5-8H2,1-4H3. The third kappa shape index (κ3) is 2.66. The van der Waals surface area contributed by atoms with Crippen LogP contribution in [-0.2, 0) is 16.5 Å². The molecule has 2 saturated heterocycles. The predicted octanol–water partition coefficient (Wildman–Crippen LogP) is -0.139. The molecule has 1 aromatic heterocycles. The molecule has 2 aliphatic heterocycles. The number of carbonyl (C=O) groups excluding carboxylic acids is 1. The maximum Gasteiger partial charge on any atom is 0.410 e. The molecular weight excluding hydrogens is 288 g/mol. The smallest absolute Gasteiger partial charge is 0.410 e. The van der Waals surface area contributed by atoms with Gasteiger partial charge in [-0.3, -0.25) is 0 Å². The van der Waals surface area contributed by atoms with E-state index in [2.05, 4.69) is 20.8 Å². The highest BCUT2D eigenvalue weighted by Crippen LogP contribution is 2.38. The van der Waals surface area contributed by atoms with Crippen molar-refractivity contribution in [1.82, 2.24) is 30.4 Å². The van der Waals surface area contributed by atoms with Crippen molar-refractivity contribution in [1.29, 1.82) is 0 Å². The number of nitrogens with zero attached hydrogens (tertiary/aromatic N) is 5. The Kier molecular flexibility index (Phi) is 3.56. The zero-order chi connectivity index (χ0) is 16.0. The highest BCUT2D eigenvalue weighted by atomic mass is 16.6. The van der Waals surface area contributed by atoms with Gasteiger partial charge in [-0.15, -0.1) is 5.10 Å². The number of morpholine rings is 1. The van der Waals surface area contributed by atoms with Crippen LogP contribution in [0, 0.1) is 0 Å². The van der Waals surface area contributed by atoms with Gasteiger partial charge in [0.25, 0.3) is 0 Å². The second-order valence-electron chi connectivity index (χ2n) is 6.80. The topological polar surface area (TPSA) is 94.4 Å². The van der Waals surface area contributed by atoms with Crippen LogP contribution < -0.4 is 5.32 Å². The number of ether oxygens (including phenoxy) is 2. The number of rotatable bonds is 1. The van der Waals surface area contributed by atoms with Gasteiger partial charge in [-0.2, -0.15) is 0 Å². The quantitative estimate of drug-likeness (QED) is 0.771. The number of nitrogens with one attached hydrogen (secondary N) is 1. The van der Waals surface area contributed by atoms with Gasteiger partial charge in [0.1, 0.15) is 17.2 Å². The van der Waals surface area contributed by atoms with E-state index in [0.29, 0.717) is 25.5 Å². The molecule has 1 unspecified atom stereocenters. The highest BCUT2D eigenvalue weighted by Gasteiger charge is 2.56. The third-order valence-corrected chi connectivity index (χ3v) is 3.85. The van der Waals surface area contributed by atoms with Gasteiger partial charge in [0.15, 0.2) is 5.82 Å². The van der Waals surface area contributed by atoms with Crippen LogP contribution in [0.4, 0.5) is 4.79 Å². The number of likely N-dealkylation sites (tertiary alicyclic amines) is 1. The summed E-state index contributed by atoms with van der Waals surface area (Å²) in [4.78, 5) is 13.8. The molecule has 0 aliphatic carbocycles. The summed E-state index contributed by atoms with van der Waals surface area (Å²) in [7, 11) is 1.80. The predicted molar refractivity (Wildman–Crippen MR) is 76.0 cm³/mol. The minimum Gasteiger partial charge on any atom is -0.444 e. The molecule has 0 saturated carbocycles. The fourth-order valence-electron chi connectivity index (χ4n) is 2.86. The molecule has 122 valence electrons. The summed E-state index contributed by atoms with van der Waals surface area (Å²) >= 11 is 0. The second kappa shape index (κ2) is 5.17. The van der Waals surface area contributed by atoms with Gasteiger partial charge < -0.3 is 19.7 Å². The van der Waals surface area contributed by atoms with Gasteiger partial charge >= 0.3 is 6.09 Å². The Hall–Kier alpha value is -1.74. The fraction of sp³-hybridized carbons (Fsp3) is 0.846. The van der Waals surface area contributed by atoms with E-state index in [-0.39, 0.29) is 12.1 Å². The zero-order valence-electron chi connectivity index (χ0n) is 13.4. The summed E-state index contributed by atoms with van der Waals surface area (Å²) in [5.74, 6) is 0.712. The first-order valence-corrected chi connectivity index (χ1v) is 7.38. The number of tetrazole rings is 1. The van der Waals surface area contributed by atoms with Crippen LogP contribution in [0.2, 0.25) is 0 Å². The maximum atomic E-state index is 12.1. The van der Waals surface area contributed by atoms with Gasteiger partial charge in [0.2, 0.25) is 0 Å². The van der Waals surface area contributed by atoms with E-state index in [1.54, 1.807) is 16.6 Å². The molecule has 9 nitrogen and oxygen atoms in total. The number of hydrogen-bond donors (Lipinski definition) is 1. The van der Waals surface area contributed by atoms with E-state index in [9.17, 15) is 4.79 Å². The van der Waals surface area contributed by atoms with Crippen molar-refractivity contribution in [3.8, 4) is 0 Å². The lowest BCUT2D eigenvalue weighted by atomic mass is 9.84. The minimum absolute atomic E-state index is 0.139. The third-order valence-electron chi connectivity index (χ3n) is 3.85. The van der Waals surface area contributed by atoms with Crippen LogP contribution in [0.15, 0.2) is 0 Å². The van der Waals surface area contributed by atoms with Crippen molar-refractivity contribution >= 4 is 6.09 Å². The van der Waals surface area contributed by atoms with Gasteiger partial charge in [-0.25, -0.2) is 9.48 Å². The molecular formula is C13H22N6O3. The van der Waals surface area contributed by atoms with E-state index in [1.807, 2.05) is 20.8 Å². The first-order valence-electron chi connectivity index (χ1n) is 7.38. The number of carbonyl (C=O) groups is 1. The SMILES string of the molecule is Cn1nnnc1C1NCCOC12CN(C(=O)OC(C)(C)C)C2. The maximum absolute atomic E-state index is 12.1. The molecule has 0 bridgehead atoms. The fourth-order valence-corrected chi connectivity index (χ4v) is 2.86. The summed E-state index contributed by atoms with van der Waals surface area (Å²) < 4.78 is 13.0. The Morgan fingerprint density at radius 2 is 2.18 bits per heavy atom. The van der Waals surface area contributed by atoms with Crippen molar-refractivity contribution in [3.63, 3.8) is 0 Å². The Labute approximate surface area is 128 Å². The van der Waals surface area contributed by atoms with E-state index < -0.39 is 11.2 Å². The second-order valence-corrected chi connectivity index (χ2v) is 6.80. The van der Waals surface area contributed by atoms with Crippen LogP contribution in [0.1, 0.15) is 32.6 Å². The highest BCUT2D eigenvalue weighted by molar-refractivity contribution is 5.69. The molecule has 3 rings (SSSR count). The number of amides is 1. The summed E-state index contributed by atoms with van der Waals surface area (Å²) in [5.41, 5.74) is -0.990. The van der Waals surface area contributed by atoms with Crippen molar-refractivity contribution in [2.45, 2.75) is 38.0 Å². The monoisotopic (exact) mass is 310 g/mol. The van der Waals surface area contributed by atoms with Crippen molar-refractivity contribution in [2.75, 3.05) is 26.2 Å². The van der Waals surface area contributed by atoms with Gasteiger partial charge in [-0.05, 0) is 31.2 Å². The number of aryl methyl sites for hydroxylation is 1. The average molecular weight is 310 g/mol. The molecule has 3 heterocycles. The van der Waals surface area contributed by atoms with Crippen LogP contribution in [0.5, 0.6) is 0 Å². The van der Waals surface area contributed by atoms with Gasteiger partial charge in [0, 0.05) is 13.6 Å². The summed E-state index contributed by atoms with van der Waals surface area (Å²) in [6.45, 7) is 7.82. The summed E-state index contributed by atoms with van der Waals surface area (Å²) in [6, 6.07) is -0.139. The molecule has 1 N–H and O–H groups in total. The zero-order valence-corrected chi connectivity index (χ0v) is 13.4. The summed E-state index contributed by atoms with van der Waals surface area (Å²) in [5, 5.41) is 15.0. The Morgan fingerprint density at radius 3 is 2.77 bits per heavy atom.